The van der Waals surface area contributed by atoms with Gasteiger partial charge in [0.2, 0.25) is 11.8 Å². The molecule has 29 heavy (non-hydrogen) atoms. The molecule has 1 aromatic carbocycles. The minimum atomic E-state index is -0.723. The van der Waals surface area contributed by atoms with Gasteiger partial charge in [0.15, 0.2) is 0 Å². The molecule has 0 aromatic heterocycles. The van der Waals surface area contributed by atoms with Crippen molar-refractivity contribution < 1.29 is 19.2 Å². The van der Waals surface area contributed by atoms with Crippen molar-refractivity contribution in [2.24, 2.45) is 0 Å². The lowest BCUT2D eigenvalue weighted by Crippen LogP contribution is -2.37. The van der Waals surface area contributed by atoms with E-state index in [2.05, 4.69) is 10.6 Å². The fourth-order valence-corrected chi connectivity index (χ4v) is 4.45. The summed E-state index contributed by atoms with van der Waals surface area (Å²) in [6.07, 6.45) is 3.84. The summed E-state index contributed by atoms with van der Waals surface area (Å²) < 4.78 is 0. The van der Waals surface area contributed by atoms with Crippen LogP contribution in [0.15, 0.2) is 12.1 Å². The lowest BCUT2D eigenvalue weighted by atomic mass is 9.96. The molecule has 154 valence electrons. The first kappa shape index (κ1) is 19.4. The van der Waals surface area contributed by atoms with E-state index in [0.29, 0.717) is 31.6 Å². The van der Waals surface area contributed by atoms with Gasteiger partial charge >= 0.3 is 11.8 Å². The van der Waals surface area contributed by atoms with Crippen LogP contribution >= 0.6 is 0 Å². The number of carbonyl (C=O) groups is 4. The molecule has 1 atom stereocenters. The molecule has 0 radical (unpaired) electrons. The number of hydrogen-bond donors (Lipinski definition) is 2. The van der Waals surface area contributed by atoms with Crippen molar-refractivity contribution in [2.45, 2.75) is 44.9 Å². The average Bonchev–Trinajstić information content (AvgIpc) is 3.22. The van der Waals surface area contributed by atoms with Crippen LogP contribution in [0.4, 0.5) is 11.4 Å². The van der Waals surface area contributed by atoms with E-state index in [-0.39, 0.29) is 17.7 Å². The van der Waals surface area contributed by atoms with Gasteiger partial charge in [0.05, 0.1) is 11.6 Å². The molecule has 8 heteroatoms. The first-order valence-electron chi connectivity index (χ1n) is 10.3. The Bertz CT molecular complexity index is 882. The monoisotopic (exact) mass is 398 g/mol. The summed E-state index contributed by atoms with van der Waals surface area (Å²) in [5.41, 5.74) is 3.48. The quantitative estimate of drug-likeness (QED) is 0.574. The lowest BCUT2D eigenvalue weighted by molar-refractivity contribution is -0.136. The zero-order valence-electron chi connectivity index (χ0n) is 16.6. The zero-order valence-corrected chi connectivity index (χ0v) is 16.6. The molecule has 0 saturated carbocycles. The number of benzene rings is 1. The smallest absolute Gasteiger partial charge is 0.313 e. The van der Waals surface area contributed by atoms with Crippen molar-refractivity contribution in [1.82, 2.24) is 10.2 Å². The summed E-state index contributed by atoms with van der Waals surface area (Å²) in [5, 5.41) is 5.27. The first-order valence-corrected chi connectivity index (χ1v) is 10.3. The lowest BCUT2D eigenvalue weighted by Gasteiger charge is -2.26. The topological polar surface area (TPSA) is 98.8 Å². The Kier molecular flexibility index (Phi) is 5.25. The van der Waals surface area contributed by atoms with Crippen LogP contribution in [0.1, 0.15) is 49.7 Å². The molecule has 3 aliphatic heterocycles. The largest absolute Gasteiger partial charge is 0.348 e. The normalized spacial score (nSPS) is 20.1. The predicted molar refractivity (Wildman–Crippen MR) is 108 cm³/mol. The molecule has 1 fully saturated rings. The number of aryl methyl sites for hydroxylation is 1. The molecule has 2 N–H and O–H groups in total. The number of anilines is 2. The van der Waals surface area contributed by atoms with Gasteiger partial charge in [-0.15, -0.1) is 0 Å². The fraction of sp³-hybridized carbons (Fsp3) is 0.524. The molecule has 8 nitrogen and oxygen atoms in total. The SMILES string of the molecule is CC1C(=O)N2CCCc3cc(NC(=O)C(=O)NCCCN4CCCC4=O)cc1c32. The van der Waals surface area contributed by atoms with Crippen molar-refractivity contribution in [3.05, 3.63) is 23.3 Å². The second-order valence-corrected chi connectivity index (χ2v) is 7.94. The standard InChI is InChI=1S/C21H26N4O4/c1-13-16-12-15(11-14-5-2-10-25(18(14)16)21(13)29)23-20(28)19(27)22-7-4-9-24-8-3-6-17(24)26/h11-13H,2-10H2,1H3,(H,22,27)(H,23,28). The Balaban J connectivity index is 1.33. The van der Waals surface area contributed by atoms with E-state index < -0.39 is 11.8 Å². The van der Waals surface area contributed by atoms with E-state index in [1.807, 2.05) is 17.9 Å². The highest BCUT2D eigenvalue weighted by molar-refractivity contribution is 6.39. The van der Waals surface area contributed by atoms with Crippen LogP contribution in [0.2, 0.25) is 0 Å². The third kappa shape index (κ3) is 3.71. The third-order valence-corrected chi connectivity index (χ3v) is 5.94. The van der Waals surface area contributed by atoms with Gasteiger partial charge in [-0.3, -0.25) is 19.2 Å². The second-order valence-electron chi connectivity index (χ2n) is 7.94. The average molecular weight is 398 g/mol. The summed E-state index contributed by atoms with van der Waals surface area (Å²) in [4.78, 5) is 52.0. The van der Waals surface area contributed by atoms with Crippen LogP contribution in [0.5, 0.6) is 0 Å². The van der Waals surface area contributed by atoms with E-state index in [0.717, 1.165) is 49.2 Å². The van der Waals surface area contributed by atoms with Crippen molar-refractivity contribution in [3.63, 3.8) is 0 Å². The van der Waals surface area contributed by atoms with Gasteiger partial charge < -0.3 is 20.4 Å². The van der Waals surface area contributed by atoms with Gasteiger partial charge in [0, 0.05) is 38.3 Å². The maximum Gasteiger partial charge on any atom is 0.313 e. The van der Waals surface area contributed by atoms with Crippen LogP contribution in [0.3, 0.4) is 0 Å². The summed E-state index contributed by atoms with van der Waals surface area (Å²) >= 11 is 0. The Morgan fingerprint density at radius 3 is 2.66 bits per heavy atom. The van der Waals surface area contributed by atoms with Crippen LogP contribution in [-0.2, 0) is 25.6 Å². The van der Waals surface area contributed by atoms with Gasteiger partial charge in [-0.2, -0.15) is 0 Å². The van der Waals surface area contributed by atoms with Crippen LogP contribution in [-0.4, -0.2) is 54.7 Å². The van der Waals surface area contributed by atoms with E-state index >= 15 is 0 Å². The Hall–Kier alpha value is -2.90. The number of rotatable bonds is 5. The van der Waals surface area contributed by atoms with E-state index in [1.54, 1.807) is 11.0 Å². The highest BCUT2D eigenvalue weighted by Gasteiger charge is 2.38. The Morgan fingerprint density at radius 2 is 1.90 bits per heavy atom. The molecule has 0 bridgehead atoms. The third-order valence-electron chi connectivity index (χ3n) is 5.94. The van der Waals surface area contributed by atoms with Crippen LogP contribution in [0.25, 0.3) is 0 Å². The van der Waals surface area contributed by atoms with E-state index in [4.69, 9.17) is 0 Å². The van der Waals surface area contributed by atoms with Gasteiger partial charge in [-0.25, -0.2) is 0 Å². The number of nitrogens with one attached hydrogen (secondary N) is 2. The Labute approximate surface area is 169 Å². The van der Waals surface area contributed by atoms with E-state index in [9.17, 15) is 19.2 Å². The summed E-state index contributed by atoms with van der Waals surface area (Å²) in [5.74, 6) is -1.41. The molecule has 0 aliphatic carbocycles. The molecule has 1 saturated heterocycles. The number of carbonyl (C=O) groups excluding carboxylic acids is 4. The molecule has 3 heterocycles. The predicted octanol–water partition coefficient (Wildman–Crippen LogP) is 1.15. The number of nitrogens with zero attached hydrogens (tertiary/aromatic N) is 2. The second kappa shape index (κ2) is 7.85. The molecular formula is C21H26N4O4. The number of amides is 4. The van der Waals surface area contributed by atoms with Crippen molar-refractivity contribution in [2.75, 3.05) is 36.4 Å². The highest BCUT2D eigenvalue weighted by atomic mass is 16.2. The van der Waals surface area contributed by atoms with Gasteiger partial charge in [-0.05, 0) is 55.9 Å². The first-order chi connectivity index (χ1) is 14.0. The summed E-state index contributed by atoms with van der Waals surface area (Å²) in [7, 11) is 0. The van der Waals surface area contributed by atoms with Crippen LogP contribution in [0, 0.1) is 0 Å². The molecule has 0 spiro atoms. The maximum atomic E-state index is 12.4. The molecule has 4 amide bonds. The maximum absolute atomic E-state index is 12.4. The molecule has 1 aromatic rings. The zero-order chi connectivity index (χ0) is 20.5. The van der Waals surface area contributed by atoms with Gasteiger partial charge in [-0.1, -0.05) is 0 Å². The van der Waals surface area contributed by atoms with Crippen LogP contribution < -0.4 is 15.5 Å². The number of likely N-dealkylation sites (tertiary alicyclic amines) is 1. The molecule has 4 rings (SSSR count). The molecule has 3 aliphatic rings. The fourth-order valence-electron chi connectivity index (χ4n) is 4.45. The Morgan fingerprint density at radius 1 is 1.10 bits per heavy atom. The molecular weight excluding hydrogens is 372 g/mol. The van der Waals surface area contributed by atoms with Gasteiger partial charge in [0.1, 0.15) is 0 Å². The van der Waals surface area contributed by atoms with Crippen molar-refractivity contribution >= 4 is 35.0 Å². The summed E-state index contributed by atoms with van der Waals surface area (Å²) in [6.45, 7) is 4.32. The van der Waals surface area contributed by atoms with Gasteiger partial charge in [0.25, 0.3) is 0 Å². The minimum absolute atomic E-state index is 0.0960. The van der Waals surface area contributed by atoms with Crippen molar-refractivity contribution in [3.8, 4) is 0 Å². The number of hydrogen-bond acceptors (Lipinski definition) is 4. The minimum Gasteiger partial charge on any atom is -0.348 e. The van der Waals surface area contributed by atoms with Crippen molar-refractivity contribution in [1.29, 1.82) is 0 Å². The van der Waals surface area contributed by atoms with E-state index in [1.165, 1.54) is 0 Å². The molecule has 1 unspecified atom stereocenters. The summed E-state index contributed by atoms with van der Waals surface area (Å²) in [6, 6.07) is 3.66. The highest BCUT2D eigenvalue weighted by Crippen LogP contribution is 2.44.